The largest absolute Gasteiger partial charge is 0.550 e. The van der Waals surface area contributed by atoms with Gasteiger partial charge in [0.25, 0.3) is 0 Å². The fraction of sp³-hybridized carbons (Fsp3) is 0.556. The third-order valence-electron chi connectivity index (χ3n) is 5.57. The van der Waals surface area contributed by atoms with Crippen LogP contribution in [0.25, 0.3) is 0 Å². The van der Waals surface area contributed by atoms with Crippen molar-refractivity contribution in [1.29, 1.82) is 0 Å². The molecule has 22 heavy (non-hydrogen) atoms. The van der Waals surface area contributed by atoms with Gasteiger partial charge >= 0.3 is 0 Å². The van der Waals surface area contributed by atoms with E-state index >= 15 is 0 Å². The van der Waals surface area contributed by atoms with Gasteiger partial charge in [-0.2, -0.15) is 0 Å². The number of nitrogens with one attached hydrogen (secondary N) is 1. The van der Waals surface area contributed by atoms with E-state index in [-0.39, 0.29) is 17.7 Å². The van der Waals surface area contributed by atoms with E-state index in [2.05, 4.69) is 5.32 Å². The van der Waals surface area contributed by atoms with Crippen LogP contribution < -0.4 is 10.4 Å². The number of carbonyl (C=O) groups excluding carboxylic acids is 2. The number of benzene rings is 1. The molecule has 2 bridgehead atoms. The summed E-state index contributed by atoms with van der Waals surface area (Å²) < 4.78 is 0. The molecule has 118 valence electrons. The number of hydrogen-bond acceptors (Lipinski definition) is 3. The standard InChI is InChI=1S/C18H23NO3/c1-10-3-8-14(9-11(10)2)19-17(20)15-12-4-6-13(7-5-12)16(15)18(21)22/h3,8-9,12-13,15-16H,4-7H2,1-2H3,(H,19,20)(H,21,22)/p-1/t12?,13?,15-,16-/m1/s1. The minimum absolute atomic E-state index is 0.102. The monoisotopic (exact) mass is 300 g/mol. The van der Waals surface area contributed by atoms with Crippen molar-refractivity contribution < 1.29 is 14.7 Å². The number of fused-ring (bicyclic) bond motifs is 3. The van der Waals surface area contributed by atoms with Gasteiger partial charge in [0.2, 0.25) is 5.91 Å². The molecule has 0 unspecified atom stereocenters. The molecule has 0 saturated heterocycles. The van der Waals surface area contributed by atoms with Gasteiger partial charge in [0.1, 0.15) is 0 Å². The average Bonchev–Trinajstić information content (AvgIpc) is 2.51. The second kappa shape index (κ2) is 5.75. The van der Waals surface area contributed by atoms with Gasteiger partial charge in [-0.05, 0) is 74.6 Å². The predicted octanol–water partition coefficient (Wildman–Crippen LogP) is 2.04. The second-order valence-electron chi connectivity index (χ2n) is 6.83. The highest BCUT2D eigenvalue weighted by atomic mass is 16.4. The zero-order chi connectivity index (χ0) is 15.9. The Bertz CT molecular complexity index is 602. The maximum absolute atomic E-state index is 12.7. The van der Waals surface area contributed by atoms with Crippen molar-refractivity contribution in [3.05, 3.63) is 29.3 Å². The minimum Gasteiger partial charge on any atom is -0.550 e. The van der Waals surface area contributed by atoms with E-state index in [9.17, 15) is 14.7 Å². The van der Waals surface area contributed by atoms with Crippen LogP contribution in [0.4, 0.5) is 5.69 Å². The number of carboxylic acid groups (broad SMARTS) is 1. The molecule has 4 heteroatoms. The molecule has 3 saturated carbocycles. The lowest BCUT2D eigenvalue weighted by Crippen LogP contribution is -2.52. The Morgan fingerprint density at radius 1 is 1.00 bits per heavy atom. The van der Waals surface area contributed by atoms with Crippen molar-refractivity contribution >= 4 is 17.6 Å². The van der Waals surface area contributed by atoms with Crippen LogP contribution in [0.1, 0.15) is 36.8 Å². The van der Waals surface area contributed by atoms with Crippen LogP contribution in [-0.2, 0) is 9.59 Å². The number of aryl methyl sites for hydroxylation is 2. The third kappa shape index (κ3) is 2.62. The van der Waals surface area contributed by atoms with E-state index in [1.54, 1.807) is 0 Å². The van der Waals surface area contributed by atoms with E-state index in [0.717, 1.165) is 36.9 Å². The van der Waals surface area contributed by atoms with Crippen LogP contribution in [0, 0.1) is 37.5 Å². The number of carbonyl (C=O) groups is 2. The lowest BCUT2D eigenvalue weighted by Gasteiger charge is -2.48. The Morgan fingerprint density at radius 3 is 2.14 bits per heavy atom. The molecule has 2 atom stereocenters. The van der Waals surface area contributed by atoms with Gasteiger partial charge in [-0.3, -0.25) is 4.79 Å². The molecular weight excluding hydrogens is 278 g/mol. The molecule has 1 amide bonds. The molecule has 3 fully saturated rings. The molecule has 3 aliphatic rings. The number of aliphatic carboxylic acids is 1. The molecule has 3 aliphatic carbocycles. The lowest BCUT2D eigenvalue weighted by molar-refractivity contribution is -0.318. The maximum atomic E-state index is 12.7. The minimum atomic E-state index is -1.06. The van der Waals surface area contributed by atoms with Crippen molar-refractivity contribution in [1.82, 2.24) is 0 Å². The maximum Gasteiger partial charge on any atom is 0.228 e. The van der Waals surface area contributed by atoms with Crippen molar-refractivity contribution in [2.75, 3.05) is 5.32 Å². The van der Waals surface area contributed by atoms with Crippen LogP contribution in [-0.4, -0.2) is 11.9 Å². The van der Waals surface area contributed by atoms with E-state index in [4.69, 9.17) is 0 Å². The van der Waals surface area contributed by atoms with Crippen LogP contribution in [0.3, 0.4) is 0 Å². The summed E-state index contributed by atoms with van der Waals surface area (Å²) in [5, 5.41) is 14.4. The molecule has 0 aromatic heterocycles. The fourth-order valence-electron chi connectivity index (χ4n) is 4.21. The summed E-state index contributed by atoms with van der Waals surface area (Å²) in [6.45, 7) is 4.02. The molecule has 0 spiro atoms. The van der Waals surface area contributed by atoms with Gasteiger partial charge in [-0.25, -0.2) is 0 Å². The number of rotatable bonds is 3. The first-order valence-corrected chi connectivity index (χ1v) is 8.06. The van der Waals surface area contributed by atoms with Crippen LogP contribution in [0.2, 0.25) is 0 Å². The van der Waals surface area contributed by atoms with E-state index in [0.29, 0.717) is 0 Å². The van der Waals surface area contributed by atoms with Gasteiger partial charge in [0.05, 0.1) is 0 Å². The van der Waals surface area contributed by atoms with E-state index in [1.807, 2.05) is 32.0 Å². The summed E-state index contributed by atoms with van der Waals surface area (Å²) in [4.78, 5) is 24.2. The van der Waals surface area contributed by atoms with Crippen molar-refractivity contribution in [3.63, 3.8) is 0 Å². The number of amides is 1. The summed E-state index contributed by atoms with van der Waals surface area (Å²) in [6, 6.07) is 5.77. The van der Waals surface area contributed by atoms with Gasteiger partial charge in [0, 0.05) is 23.5 Å². The van der Waals surface area contributed by atoms with Gasteiger partial charge in [-0.15, -0.1) is 0 Å². The topological polar surface area (TPSA) is 69.2 Å². The summed E-state index contributed by atoms with van der Waals surface area (Å²) in [5.41, 5.74) is 3.02. The highest BCUT2D eigenvalue weighted by Gasteiger charge is 2.47. The average molecular weight is 300 g/mol. The lowest BCUT2D eigenvalue weighted by atomic mass is 9.58. The highest BCUT2D eigenvalue weighted by Crippen LogP contribution is 2.49. The molecule has 1 N–H and O–H groups in total. The molecular formula is C18H22NO3-. The first-order valence-electron chi connectivity index (χ1n) is 8.06. The second-order valence-corrected chi connectivity index (χ2v) is 6.83. The Labute approximate surface area is 130 Å². The zero-order valence-electron chi connectivity index (χ0n) is 13.1. The number of anilines is 1. The number of hydrogen-bond donors (Lipinski definition) is 1. The predicted molar refractivity (Wildman–Crippen MR) is 82.0 cm³/mol. The van der Waals surface area contributed by atoms with Crippen molar-refractivity contribution in [2.45, 2.75) is 39.5 Å². The number of carboxylic acids is 1. The summed E-state index contributed by atoms with van der Waals surface area (Å²) in [6.07, 6.45) is 3.74. The van der Waals surface area contributed by atoms with Gasteiger partial charge < -0.3 is 15.2 Å². The van der Waals surface area contributed by atoms with Crippen molar-refractivity contribution in [3.8, 4) is 0 Å². The van der Waals surface area contributed by atoms with Crippen molar-refractivity contribution in [2.24, 2.45) is 23.7 Å². The normalized spacial score (nSPS) is 30.1. The van der Waals surface area contributed by atoms with E-state index in [1.165, 1.54) is 5.56 Å². The Balaban J connectivity index is 1.80. The molecule has 0 heterocycles. The quantitative estimate of drug-likeness (QED) is 0.928. The third-order valence-corrected chi connectivity index (χ3v) is 5.57. The molecule has 4 nitrogen and oxygen atoms in total. The Kier molecular flexibility index (Phi) is 3.94. The molecule has 1 aromatic carbocycles. The highest BCUT2D eigenvalue weighted by molar-refractivity contribution is 5.95. The fourth-order valence-corrected chi connectivity index (χ4v) is 4.21. The summed E-state index contributed by atoms with van der Waals surface area (Å²) in [5.74, 6) is -2.01. The SMILES string of the molecule is Cc1ccc(NC(=O)[C@@H]2C3CCC(CC3)[C@H]2C(=O)[O-])cc1C. The van der Waals surface area contributed by atoms with Gasteiger partial charge in [0.15, 0.2) is 0 Å². The molecule has 0 radical (unpaired) electrons. The zero-order valence-corrected chi connectivity index (χ0v) is 13.1. The smallest absolute Gasteiger partial charge is 0.228 e. The molecule has 1 aromatic rings. The Hall–Kier alpha value is -1.84. The molecule has 4 rings (SSSR count). The molecule has 0 aliphatic heterocycles. The van der Waals surface area contributed by atoms with Gasteiger partial charge in [-0.1, -0.05) is 6.07 Å². The van der Waals surface area contributed by atoms with E-state index < -0.39 is 17.8 Å². The van der Waals surface area contributed by atoms with Crippen LogP contribution in [0.5, 0.6) is 0 Å². The van der Waals surface area contributed by atoms with Crippen LogP contribution >= 0.6 is 0 Å². The van der Waals surface area contributed by atoms with Crippen LogP contribution in [0.15, 0.2) is 18.2 Å². The summed E-state index contributed by atoms with van der Waals surface area (Å²) >= 11 is 0. The Morgan fingerprint density at radius 2 is 1.59 bits per heavy atom. The summed E-state index contributed by atoms with van der Waals surface area (Å²) in [7, 11) is 0. The first kappa shape index (κ1) is 15.1. The first-order chi connectivity index (χ1) is 10.5.